The Morgan fingerprint density at radius 3 is 2.00 bits per heavy atom. The van der Waals surface area contributed by atoms with Crippen molar-refractivity contribution in [2.75, 3.05) is 0 Å². The number of aliphatic hydroxyl groups excluding tert-OH is 1. The van der Waals surface area contributed by atoms with Gasteiger partial charge < -0.3 is 5.11 Å². The summed E-state index contributed by atoms with van der Waals surface area (Å²) in [5.74, 6) is 0. The Kier molecular flexibility index (Phi) is 7.06. The van der Waals surface area contributed by atoms with Crippen LogP contribution in [-0.4, -0.2) is 21.7 Å². The quantitative estimate of drug-likeness (QED) is 0.540. The summed E-state index contributed by atoms with van der Waals surface area (Å²) in [4.78, 5) is 0. The molecule has 0 spiro atoms. The molecule has 0 fully saturated rings. The van der Waals surface area contributed by atoms with E-state index < -0.39 is 16.6 Å². The van der Waals surface area contributed by atoms with Gasteiger partial charge in [-0.25, -0.2) is 0 Å². The third-order valence-corrected chi connectivity index (χ3v) is 3.31. The van der Waals surface area contributed by atoms with Gasteiger partial charge in [0.1, 0.15) is 0 Å². The highest BCUT2D eigenvalue weighted by Crippen LogP contribution is 2.43. The maximum atomic E-state index is 12.3. The number of hydrogen-bond acceptors (Lipinski definition) is 1. The van der Waals surface area contributed by atoms with Crippen LogP contribution >= 0.6 is 23.2 Å². The average Bonchev–Trinajstić information content (AvgIpc) is 2.15. The van der Waals surface area contributed by atoms with E-state index in [1.807, 2.05) is 6.92 Å². The highest BCUT2D eigenvalue weighted by Gasteiger charge is 2.57. The van der Waals surface area contributed by atoms with Crippen LogP contribution in [0.25, 0.3) is 0 Å². The fourth-order valence-corrected chi connectivity index (χ4v) is 1.53. The van der Waals surface area contributed by atoms with Crippen molar-refractivity contribution in [3.8, 4) is 0 Å². The molecule has 1 nitrogen and oxygen atoms in total. The minimum Gasteiger partial charge on any atom is -0.390 e. The van der Waals surface area contributed by atoms with Gasteiger partial charge in [-0.05, 0) is 6.42 Å². The molecule has 0 radical (unpaired) electrons. The van der Waals surface area contributed by atoms with Crippen molar-refractivity contribution in [1.29, 1.82) is 0 Å². The molecular formula is C10H17Cl2F3O. The van der Waals surface area contributed by atoms with Gasteiger partial charge in [0.25, 0.3) is 0 Å². The molecule has 1 atom stereocenters. The maximum Gasteiger partial charge on any atom is 0.424 e. The highest BCUT2D eigenvalue weighted by atomic mass is 35.5. The van der Waals surface area contributed by atoms with E-state index in [0.29, 0.717) is 6.42 Å². The van der Waals surface area contributed by atoms with E-state index in [4.69, 9.17) is 23.2 Å². The van der Waals surface area contributed by atoms with E-state index in [1.165, 1.54) is 0 Å². The van der Waals surface area contributed by atoms with E-state index in [0.717, 1.165) is 25.7 Å². The SMILES string of the molecule is CCCCCCCC(O)C(Cl)(Cl)C(F)(F)F. The molecule has 1 N–H and O–H groups in total. The normalized spacial score (nSPS) is 15.2. The molecule has 0 aliphatic heterocycles. The summed E-state index contributed by atoms with van der Waals surface area (Å²) in [7, 11) is 0. The number of hydrogen-bond donors (Lipinski definition) is 1. The van der Waals surface area contributed by atoms with Gasteiger partial charge in [-0.15, -0.1) is 0 Å². The van der Waals surface area contributed by atoms with Crippen LogP contribution in [0.3, 0.4) is 0 Å². The third-order valence-electron chi connectivity index (χ3n) is 2.38. The summed E-state index contributed by atoms with van der Waals surface area (Å²) >= 11 is 10.2. The van der Waals surface area contributed by atoms with Crippen molar-refractivity contribution < 1.29 is 18.3 Å². The van der Waals surface area contributed by atoms with Gasteiger partial charge in [-0.3, -0.25) is 0 Å². The first-order chi connectivity index (χ1) is 7.23. The molecule has 0 saturated heterocycles. The van der Waals surface area contributed by atoms with Gasteiger partial charge in [-0.1, -0.05) is 62.2 Å². The van der Waals surface area contributed by atoms with Gasteiger partial charge in [0.2, 0.25) is 4.33 Å². The lowest BCUT2D eigenvalue weighted by Crippen LogP contribution is -2.44. The molecule has 1 unspecified atom stereocenters. The van der Waals surface area contributed by atoms with Gasteiger partial charge in [0, 0.05) is 0 Å². The Labute approximate surface area is 104 Å². The summed E-state index contributed by atoms with van der Waals surface area (Å²) in [5, 5.41) is 9.29. The summed E-state index contributed by atoms with van der Waals surface area (Å²) in [6.45, 7) is 2.04. The third kappa shape index (κ3) is 5.11. The molecule has 0 aliphatic carbocycles. The van der Waals surface area contributed by atoms with Gasteiger partial charge in [0.15, 0.2) is 0 Å². The summed E-state index contributed by atoms with van der Waals surface area (Å²) in [5.41, 5.74) is 0. The fourth-order valence-electron chi connectivity index (χ4n) is 1.31. The maximum absolute atomic E-state index is 12.3. The predicted octanol–water partition coefficient (Wildman–Crippen LogP) is 4.44. The van der Waals surface area contributed by atoms with Crippen LogP contribution in [0.15, 0.2) is 0 Å². The van der Waals surface area contributed by atoms with E-state index in [1.54, 1.807) is 0 Å². The smallest absolute Gasteiger partial charge is 0.390 e. The number of halogens is 5. The molecular weight excluding hydrogens is 264 g/mol. The van der Waals surface area contributed by atoms with E-state index in [9.17, 15) is 18.3 Å². The molecule has 16 heavy (non-hydrogen) atoms. The molecule has 6 heteroatoms. The zero-order valence-corrected chi connectivity index (χ0v) is 10.7. The summed E-state index contributed by atoms with van der Waals surface area (Å²) < 4.78 is 33.8. The lowest BCUT2D eigenvalue weighted by atomic mass is 10.1. The van der Waals surface area contributed by atoms with Crippen LogP contribution in [0.2, 0.25) is 0 Å². The molecule has 0 bridgehead atoms. The lowest BCUT2D eigenvalue weighted by molar-refractivity contribution is -0.162. The molecule has 0 amide bonds. The van der Waals surface area contributed by atoms with Gasteiger partial charge >= 0.3 is 6.18 Å². The minimum absolute atomic E-state index is 0.0315. The van der Waals surface area contributed by atoms with Crippen LogP contribution in [0.5, 0.6) is 0 Å². The first kappa shape index (κ1) is 16.3. The van der Waals surface area contributed by atoms with Crippen molar-refractivity contribution in [2.45, 2.75) is 62.1 Å². The van der Waals surface area contributed by atoms with Crippen LogP contribution < -0.4 is 0 Å². The second-order valence-electron chi connectivity index (χ2n) is 3.84. The number of aliphatic hydroxyl groups is 1. The molecule has 0 saturated carbocycles. The number of alkyl halides is 5. The highest BCUT2D eigenvalue weighted by molar-refractivity contribution is 6.49. The molecule has 0 aromatic rings. The standard InChI is InChI=1S/C10H17Cl2F3O/c1-2-3-4-5-6-7-8(16)9(11,12)10(13,14)15/h8,16H,2-7H2,1H3. The van der Waals surface area contributed by atoms with E-state index >= 15 is 0 Å². The van der Waals surface area contributed by atoms with Crippen molar-refractivity contribution in [3.05, 3.63) is 0 Å². The number of rotatable bonds is 7. The van der Waals surface area contributed by atoms with E-state index in [-0.39, 0.29) is 6.42 Å². The summed E-state index contributed by atoms with van der Waals surface area (Å²) in [6, 6.07) is 0. The Morgan fingerprint density at radius 2 is 1.56 bits per heavy atom. The minimum atomic E-state index is -4.81. The molecule has 0 rings (SSSR count). The predicted molar refractivity (Wildman–Crippen MR) is 59.9 cm³/mol. The Balaban J connectivity index is 3.92. The van der Waals surface area contributed by atoms with Gasteiger partial charge in [-0.2, -0.15) is 13.2 Å². The molecule has 0 aliphatic rings. The Bertz CT molecular complexity index is 195. The van der Waals surface area contributed by atoms with Crippen molar-refractivity contribution in [1.82, 2.24) is 0 Å². The number of unbranched alkanes of at least 4 members (excludes halogenated alkanes) is 4. The zero-order chi connectivity index (χ0) is 12.8. The average molecular weight is 281 g/mol. The largest absolute Gasteiger partial charge is 0.424 e. The van der Waals surface area contributed by atoms with Crippen LogP contribution in [0, 0.1) is 0 Å². The van der Waals surface area contributed by atoms with E-state index in [2.05, 4.69) is 0 Å². The topological polar surface area (TPSA) is 20.2 Å². The second kappa shape index (κ2) is 6.92. The molecule has 98 valence electrons. The Morgan fingerprint density at radius 1 is 1.06 bits per heavy atom. The van der Waals surface area contributed by atoms with Crippen molar-refractivity contribution in [3.63, 3.8) is 0 Å². The Hall–Kier alpha value is 0.330. The molecule has 0 heterocycles. The van der Waals surface area contributed by atoms with Crippen molar-refractivity contribution in [2.24, 2.45) is 0 Å². The second-order valence-corrected chi connectivity index (χ2v) is 5.23. The van der Waals surface area contributed by atoms with Crippen LogP contribution in [-0.2, 0) is 0 Å². The lowest BCUT2D eigenvalue weighted by Gasteiger charge is -2.27. The van der Waals surface area contributed by atoms with Gasteiger partial charge in [0.05, 0.1) is 6.10 Å². The first-order valence-electron chi connectivity index (χ1n) is 5.36. The van der Waals surface area contributed by atoms with Crippen LogP contribution in [0.1, 0.15) is 45.4 Å². The van der Waals surface area contributed by atoms with Crippen molar-refractivity contribution >= 4 is 23.2 Å². The van der Waals surface area contributed by atoms with Crippen LogP contribution in [0.4, 0.5) is 13.2 Å². The molecule has 0 aromatic carbocycles. The zero-order valence-electron chi connectivity index (χ0n) is 9.16. The first-order valence-corrected chi connectivity index (χ1v) is 6.11. The fraction of sp³-hybridized carbons (Fsp3) is 1.00. The summed E-state index contributed by atoms with van der Waals surface area (Å²) in [6.07, 6.45) is -2.27. The molecule has 0 aromatic heterocycles. The monoisotopic (exact) mass is 280 g/mol.